The molecule has 0 saturated heterocycles. The molecule has 1 aliphatic rings. The van der Waals surface area contributed by atoms with E-state index in [2.05, 4.69) is 23.9 Å². The summed E-state index contributed by atoms with van der Waals surface area (Å²) >= 11 is 0. The van der Waals surface area contributed by atoms with Gasteiger partial charge in [-0.1, -0.05) is 49.4 Å². The van der Waals surface area contributed by atoms with Crippen molar-refractivity contribution in [1.29, 1.82) is 0 Å². The fourth-order valence-electron chi connectivity index (χ4n) is 4.60. The number of Topliss-reactive ketones (excluding diaryl/α,β-unsaturated/α-hetero) is 1. The minimum atomic E-state index is -1.19. The first-order valence-corrected chi connectivity index (χ1v) is 13.5. The smallest absolute Gasteiger partial charge is 0.257 e. The van der Waals surface area contributed by atoms with Crippen molar-refractivity contribution in [1.82, 2.24) is 9.99 Å². The van der Waals surface area contributed by atoms with Crippen LogP contribution in [0.2, 0.25) is 0 Å². The van der Waals surface area contributed by atoms with E-state index in [9.17, 15) is 27.6 Å². The molecule has 1 amide bonds. The van der Waals surface area contributed by atoms with Crippen LogP contribution in [0, 0.1) is 23.4 Å². The summed E-state index contributed by atoms with van der Waals surface area (Å²) in [6.45, 7) is 8.71. The number of benzene rings is 2. The summed E-state index contributed by atoms with van der Waals surface area (Å²) in [7, 11) is 0. The van der Waals surface area contributed by atoms with Gasteiger partial charge in [0.2, 0.25) is 5.43 Å². The molecular formula is C32H32F3N3O4. The Morgan fingerprint density at radius 2 is 1.79 bits per heavy atom. The van der Waals surface area contributed by atoms with Gasteiger partial charge in [0, 0.05) is 36.9 Å². The highest BCUT2D eigenvalue weighted by Gasteiger charge is 2.36. The second kappa shape index (κ2) is 12.9. The van der Waals surface area contributed by atoms with Crippen LogP contribution in [0.5, 0.6) is 5.75 Å². The number of aromatic nitrogens is 1. The fraction of sp³-hybridized carbons (Fsp3) is 0.281. The number of carbonyl (C=O) groups excluding carboxylic acids is 2. The number of hydrogen-bond donors (Lipinski definition) is 2. The van der Waals surface area contributed by atoms with Crippen molar-refractivity contribution < 1.29 is 27.5 Å². The van der Waals surface area contributed by atoms with Crippen molar-refractivity contribution in [3.8, 4) is 5.75 Å². The Morgan fingerprint density at radius 1 is 1.12 bits per heavy atom. The van der Waals surface area contributed by atoms with E-state index in [1.807, 2.05) is 6.07 Å². The molecule has 1 heterocycles. The molecule has 7 nitrogen and oxygen atoms in total. The topological polar surface area (TPSA) is 89.4 Å². The van der Waals surface area contributed by atoms with E-state index < -0.39 is 57.8 Å². The molecule has 3 aromatic rings. The molecule has 0 spiro atoms. The van der Waals surface area contributed by atoms with E-state index in [1.165, 1.54) is 10.9 Å². The van der Waals surface area contributed by atoms with Crippen LogP contribution in [-0.2, 0) is 13.2 Å². The molecule has 0 radical (unpaired) electrons. The number of nitrogens with zero attached hydrogens (tertiary/aromatic N) is 1. The first-order chi connectivity index (χ1) is 20.1. The fourth-order valence-corrected chi connectivity index (χ4v) is 4.60. The number of hydrogen-bond acceptors (Lipinski definition) is 5. The van der Waals surface area contributed by atoms with Gasteiger partial charge in [0.05, 0.1) is 5.54 Å². The van der Waals surface area contributed by atoms with Gasteiger partial charge in [-0.25, -0.2) is 13.2 Å². The quantitative estimate of drug-likeness (QED) is 0.197. The lowest BCUT2D eigenvalue weighted by Gasteiger charge is -2.41. The first-order valence-electron chi connectivity index (χ1n) is 13.5. The summed E-state index contributed by atoms with van der Waals surface area (Å²) in [6, 6.07) is 9.95. The Labute approximate surface area is 241 Å². The molecular weight excluding hydrogens is 547 g/mol. The Bertz CT molecular complexity index is 1540. The van der Waals surface area contributed by atoms with E-state index >= 15 is 0 Å². The summed E-state index contributed by atoms with van der Waals surface area (Å²) < 4.78 is 49.0. The van der Waals surface area contributed by atoms with Crippen molar-refractivity contribution in [3.05, 3.63) is 124 Å². The van der Waals surface area contributed by atoms with Gasteiger partial charge in [0.15, 0.2) is 17.2 Å². The predicted molar refractivity (Wildman–Crippen MR) is 153 cm³/mol. The van der Waals surface area contributed by atoms with Crippen LogP contribution in [0.15, 0.2) is 78.8 Å². The second-order valence-electron chi connectivity index (χ2n) is 10.4. The molecule has 10 heteroatoms. The van der Waals surface area contributed by atoms with Gasteiger partial charge in [-0.15, -0.1) is 13.2 Å². The lowest BCUT2D eigenvalue weighted by Crippen LogP contribution is -2.49. The maximum Gasteiger partial charge on any atom is 0.257 e. The third-order valence-corrected chi connectivity index (χ3v) is 7.32. The number of rotatable bonds is 13. The zero-order valence-electron chi connectivity index (χ0n) is 23.2. The molecule has 1 aliphatic carbocycles. The molecule has 0 unspecified atom stereocenters. The molecule has 2 N–H and O–H groups in total. The molecule has 1 atom stereocenters. The Kier molecular flexibility index (Phi) is 9.35. The molecule has 2 aromatic carbocycles. The van der Waals surface area contributed by atoms with Crippen molar-refractivity contribution in [3.63, 3.8) is 0 Å². The van der Waals surface area contributed by atoms with Crippen molar-refractivity contribution in [2.75, 3.05) is 5.43 Å². The van der Waals surface area contributed by atoms with E-state index in [4.69, 9.17) is 4.74 Å². The van der Waals surface area contributed by atoms with Gasteiger partial charge in [-0.3, -0.25) is 19.1 Å². The van der Waals surface area contributed by atoms with Crippen LogP contribution in [-0.4, -0.2) is 21.9 Å². The Balaban J connectivity index is 1.80. The van der Waals surface area contributed by atoms with Crippen LogP contribution in [0.1, 0.15) is 64.6 Å². The minimum absolute atomic E-state index is 0.0159. The number of ketones is 1. The number of halogens is 3. The molecule has 42 heavy (non-hydrogen) atoms. The largest absolute Gasteiger partial charge is 0.483 e. The van der Waals surface area contributed by atoms with Crippen LogP contribution in [0.25, 0.3) is 0 Å². The Morgan fingerprint density at radius 3 is 2.36 bits per heavy atom. The normalized spacial score (nSPS) is 14.3. The van der Waals surface area contributed by atoms with E-state index in [-0.39, 0.29) is 30.4 Å². The molecule has 1 aromatic heterocycles. The average molecular weight is 580 g/mol. The maximum atomic E-state index is 14.2. The molecule has 4 rings (SSSR count). The van der Waals surface area contributed by atoms with E-state index in [0.29, 0.717) is 30.5 Å². The zero-order chi connectivity index (χ0) is 30.4. The van der Waals surface area contributed by atoms with Crippen molar-refractivity contribution in [2.45, 2.75) is 51.3 Å². The average Bonchev–Trinajstić information content (AvgIpc) is 2.94. The summed E-state index contributed by atoms with van der Waals surface area (Å²) in [5.74, 6) is -5.43. The molecule has 220 valence electrons. The summed E-state index contributed by atoms with van der Waals surface area (Å²) in [5.41, 5.74) is 1.39. The van der Waals surface area contributed by atoms with Crippen LogP contribution >= 0.6 is 0 Å². The number of pyridine rings is 1. The lowest BCUT2D eigenvalue weighted by molar-refractivity contribution is 0.0934. The minimum Gasteiger partial charge on any atom is -0.483 e. The summed E-state index contributed by atoms with van der Waals surface area (Å²) in [4.78, 5) is 40.7. The third-order valence-electron chi connectivity index (χ3n) is 7.32. The van der Waals surface area contributed by atoms with Gasteiger partial charge in [-0.05, 0) is 30.7 Å². The predicted octanol–water partition coefficient (Wildman–Crippen LogP) is 5.82. The van der Waals surface area contributed by atoms with Crippen molar-refractivity contribution >= 4 is 11.7 Å². The van der Waals surface area contributed by atoms with Crippen molar-refractivity contribution in [2.24, 2.45) is 5.92 Å². The van der Waals surface area contributed by atoms with Crippen LogP contribution < -0.4 is 20.9 Å². The van der Waals surface area contributed by atoms with Gasteiger partial charge in [0.25, 0.3) is 5.91 Å². The van der Waals surface area contributed by atoms with E-state index in [0.717, 1.165) is 6.42 Å². The standard InChI is InChI=1S/C32H32F3N3O4/c1-4-20(3)14-27(39)28-30(42-19-21-10-7-6-8-11-21)29(40)24(18-38(28)37-32(5-2)12-9-13-32)31(41)36-17-23-25(34)15-22(33)16-26(23)35/h4-8,10-11,15-16,18,20,37H,1-2,9,12-14,17,19H2,3H3,(H,36,41)/t20-/m0/s1. The van der Waals surface area contributed by atoms with Gasteiger partial charge in [0.1, 0.15) is 29.6 Å². The molecule has 1 fully saturated rings. The number of amides is 1. The second-order valence-corrected chi connectivity index (χ2v) is 10.4. The number of nitrogens with one attached hydrogen (secondary N) is 2. The van der Waals surface area contributed by atoms with Gasteiger partial charge < -0.3 is 15.5 Å². The Hall–Kier alpha value is -4.60. The lowest BCUT2D eigenvalue weighted by atomic mass is 9.77. The highest BCUT2D eigenvalue weighted by Crippen LogP contribution is 2.34. The first kappa shape index (κ1) is 30.4. The SMILES string of the molecule is C=C[C@H](C)CC(=O)c1c(OCc2ccccc2)c(=O)c(C(=O)NCc2c(F)cc(F)cc2F)cn1NC1(C=C)CCC1. The molecule has 0 bridgehead atoms. The maximum absolute atomic E-state index is 14.2. The summed E-state index contributed by atoms with van der Waals surface area (Å²) in [6.07, 6.45) is 6.82. The number of allylic oxidation sites excluding steroid dienone is 1. The zero-order valence-corrected chi connectivity index (χ0v) is 23.2. The van der Waals surface area contributed by atoms with Gasteiger partial charge >= 0.3 is 0 Å². The van der Waals surface area contributed by atoms with Crippen LogP contribution in [0.4, 0.5) is 13.2 Å². The monoisotopic (exact) mass is 579 g/mol. The molecule has 1 saturated carbocycles. The third kappa shape index (κ3) is 6.64. The highest BCUT2D eigenvalue weighted by molar-refractivity contribution is 6.00. The van der Waals surface area contributed by atoms with E-state index in [1.54, 1.807) is 43.3 Å². The summed E-state index contributed by atoms with van der Waals surface area (Å²) in [5, 5.41) is 2.32. The number of ether oxygens (including phenoxy) is 1. The molecule has 0 aliphatic heterocycles. The number of carbonyl (C=O) groups is 2. The van der Waals surface area contributed by atoms with Crippen LogP contribution in [0.3, 0.4) is 0 Å². The van der Waals surface area contributed by atoms with Gasteiger partial charge in [-0.2, -0.15) is 0 Å². The highest BCUT2D eigenvalue weighted by atomic mass is 19.1.